The van der Waals surface area contributed by atoms with E-state index in [1.165, 1.54) is 6.20 Å². The molecule has 0 aliphatic carbocycles. The lowest BCUT2D eigenvalue weighted by Gasteiger charge is -2.22. The maximum absolute atomic E-state index is 13.6. The number of nitrogens with one attached hydrogen (secondary N) is 1. The van der Waals surface area contributed by atoms with Crippen molar-refractivity contribution in [1.82, 2.24) is 4.98 Å². The Kier molecular flexibility index (Phi) is 6.12. The summed E-state index contributed by atoms with van der Waals surface area (Å²) in [7, 11) is 0. The average molecular weight is 498 g/mol. The van der Waals surface area contributed by atoms with Gasteiger partial charge in [0.2, 0.25) is 0 Å². The van der Waals surface area contributed by atoms with E-state index in [1.807, 2.05) is 97.1 Å². The van der Waals surface area contributed by atoms with Crippen LogP contribution >= 0.6 is 0 Å². The number of carbonyl (C=O) groups excluding carboxylic acids is 2. The molecule has 1 aliphatic heterocycles. The Morgan fingerprint density at radius 1 is 0.737 bits per heavy atom. The van der Waals surface area contributed by atoms with E-state index < -0.39 is 0 Å². The number of rotatable bonds is 4. The number of aromatic nitrogens is 1. The topological polar surface area (TPSA) is 71.5 Å². The molecule has 38 heavy (non-hydrogen) atoms. The summed E-state index contributed by atoms with van der Waals surface area (Å²) < 4.78 is 6.11. The Labute approximate surface area is 220 Å². The van der Waals surface area contributed by atoms with E-state index in [1.54, 1.807) is 23.1 Å². The third-order valence-electron chi connectivity index (χ3n) is 6.43. The summed E-state index contributed by atoms with van der Waals surface area (Å²) in [5, 5.41) is 2.86. The summed E-state index contributed by atoms with van der Waals surface area (Å²) in [6.45, 7) is 0.362. The maximum atomic E-state index is 13.6. The maximum Gasteiger partial charge on any atom is 0.260 e. The van der Waals surface area contributed by atoms with E-state index in [0.29, 0.717) is 34.9 Å². The Balaban J connectivity index is 1.24. The molecule has 1 aliphatic rings. The lowest BCUT2D eigenvalue weighted by atomic mass is 9.99. The van der Waals surface area contributed by atoms with Gasteiger partial charge in [-0.3, -0.25) is 9.59 Å². The summed E-state index contributed by atoms with van der Waals surface area (Å²) >= 11 is 0. The van der Waals surface area contributed by atoms with E-state index >= 15 is 0 Å². The van der Waals surface area contributed by atoms with Crippen molar-refractivity contribution in [1.29, 1.82) is 0 Å². The number of nitrogens with zero attached hydrogens (tertiary/aromatic N) is 2. The molecule has 0 bridgehead atoms. The van der Waals surface area contributed by atoms with Crippen LogP contribution < -0.4 is 15.0 Å². The van der Waals surface area contributed by atoms with Gasteiger partial charge in [0.15, 0.2) is 5.75 Å². The molecule has 2 amide bonds. The minimum atomic E-state index is -0.272. The summed E-state index contributed by atoms with van der Waals surface area (Å²) in [5.74, 6) is 1.21. The van der Waals surface area contributed by atoms with Crippen molar-refractivity contribution in [2.24, 2.45) is 0 Å². The number of fused-ring (bicyclic) bond motifs is 2. The molecule has 0 saturated heterocycles. The van der Waals surface area contributed by atoms with Gasteiger partial charge in [-0.25, -0.2) is 4.98 Å². The zero-order chi connectivity index (χ0) is 25.9. The summed E-state index contributed by atoms with van der Waals surface area (Å²) in [6, 6.07) is 35.7. The summed E-state index contributed by atoms with van der Waals surface area (Å²) in [6.07, 6.45) is 1.49. The zero-order valence-electron chi connectivity index (χ0n) is 20.4. The van der Waals surface area contributed by atoms with Crippen LogP contribution in [0, 0.1) is 0 Å². The normalized spacial score (nSPS) is 11.9. The monoisotopic (exact) mass is 497 g/mol. The number of para-hydroxylation sites is 3. The standard InChI is InChI=1S/C32H23N3O3/c36-31(26-14-6-5-13-25(26)22-10-2-1-3-11-22)34-30-19-18-23(20-33-30)32(37)35-21-24-12-4-8-16-28(24)38-29-17-9-7-15-27(29)35/h1-20H,21H2,(H,33,34,36). The van der Waals surface area contributed by atoms with Crippen molar-refractivity contribution < 1.29 is 14.3 Å². The van der Waals surface area contributed by atoms with Crippen molar-refractivity contribution in [3.05, 3.63) is 138 Å². The van der Waals surface area contributed by atoms with Gasteiger partial charge in [-0.2, -0.15) is 0 Å². The highest BCUT2D eigenvalue weighted by atomic mass is 16.5. The fraction of sp³-hybridized carbons (Fsp3) is 0.0312. The van der Waals surface area contributed by atoms with E-state index in [9.17, 15) is 9.59 Å². The van der Waals surface area contributed by atoms with Gasteiger partial charge in [0.25, 0.3) is 11.8 Å². The van der Waals surface area contributed by atoms with E-state index in [-0.39, 0.29) is 11.8 Å². The van der Waals surface area contributed by atoms with Gasteiger partial charge < -0.3 is 15.0 Å². The van der Waals surface area contributed by atoms with Gasteiger partial charge in [-0.1, -0.05) is 78.9 Å². The van der Waals surface area contributed by atoms with E-state index in [0.717, 1.165) is 22.4 Å². The highest BCUT2D eigenvalue weighted by Crippen LogP contribution is 2.39. The summed E-state index contributed by atoms with van der Waals surface area (Å²) in [5.41, 5.74) is 4.33. The van der Waals surface area contributed by atoms with Crippen LogP contribution in [0.4, 0.5) is 11.5 Å². The predicted octanol–water partition coefficient (Wildman–Crippen LogP) is 6.95. The number of pyridine rings is 1. The molecular formula is C32H23N3O3. The van der Waals surface area contributed by atoms with Gasteiger partial charge in [-0.05, 0) is 47.5 Å². The van der Waals surface area contributed by atoms with Crippen LogP contribution in [-0.2, 0) is 6.54 Å². The fourth-order valence-electron chi connectivity index (χ4n) is 4.54. The van der Waals surface area contributed by atoms with Crippen LogP contribution in [0.25, 0.3) is 11.1 Å². The van der Waals surface area contributed by atoms with Gasteiger partial charge >= 0.3 is 0 Å². The molecule has 6 heteroatoms. The highest BCUT2D eigenvalue weighted by molar-refractivity contribution is 6.09. The largest absolute Gasteiger partial charge is 0.455 e. The minimum absolute atomic E-state index is 0.211. The second-order valence-electron chi connectivity index (χ2n) is 8.87. The molecule has 1 N–H and O–H groups in total. The molecule has 0 unspecified atom stereocenters. The highest BCUT2D eigenvalue weighted by Gasteiger charge is 2.26. The van der Waals surface area contributed by atoms with Gasteiger partial charge in [0.05, 0.1) is 17.8 Å². The van der Waals surface area contributed by atoms with Crippen molar-refractivity contribution >= 4 is 23.3 Å². The number of amides is 2. The van der Waals surface area contributed by atoms with Crippen LogP contribution in [0.15, 0.2) is 121 Å². The molecule has 6 rings (SSSR count). The second kappa shape index (κ2) is 10.0. The van der Waals surface area contributed by atoms with Crippen molar-refractivity contribution in [2.75, 3.05) is 10.2 Å². The molecule has 4 aromatic carbocycles. The number of carbonyl (C=O) groups is 2. The van der Waals surface area contributed by atoms with Gasteiger partial charge in [0.1, 0.15) is 11.6 Å². The second-order valence-corrected chi connectivity index (χ2v) is 8.87. The first-order chi connectivity index (χ1) is 18.7. The molecule has 0 spiro atoms. The molecule has 0 atom stereocenters. The van der Waals surface area contributed by atoms with E-state index in [2.05, 4.69) is 10.3 Å². The lowest BCUT2D eigenvalue weighted by molar-refractivity contribution is 0.0984. The predicted molar refractivity (Wildman–Crippen MR) is 148 cm³/mol. The zero-order valence-corrected chi connectivity index (χ0v) is 20.4. The van der Waals surface area contributed by atoms with Crippen LogP contribution in [0.1, 0.15) is 26.3 Å². The Morgan fingerprint density at radius 2 is 1.45 bits per heavy atom. The summed E-state index contributed by atoms with van der Waals surface area (Å²) in [4.78, 5) is 32.8. The van der Waals surface area contributed by atoms with Crippen LogP contribution in [0.2, 0.25) is 0 Å². The number of ether oxygens (including phenoxy) is 1. The Morgan fingerprint density at radius 3 is 2.26 bits per heavy atom. The molecule has 184 valence electrons. The van der Waals surface area contributed by atoms with Crippen LogP contribution in [0.5, 0.6) is 11.5 Å². The number of benzene rings is 4. The number of hydrogen-bond acceptors (Lipinski definition) is 4. The molecule has 1 aromatic heterocycles. The molecule has 2 heterocycles. The Hall–Kier alpha value is -5.23. The molecule has 0 fully saturated rings. The number of anilines is 2. The third-order valence-corrected chi connectivity index (χ3v) is 6.43. The third kappa shape index (κ3) is 4.51. The first kappa shape index (κ1) is 23.2. The molecular weight excluding hydrogens is 474 g/mol. The first-order valence-electron chi connectivity index (χ1n) is 12.3. The quantitative estimate of drug-likeness (QED) is 0.292. The number of hydrogen-bond donors (Lipinski definition) is 1. The van der Waals surface area contributed by atoms with E-state index in [4.69, 9.17) is 4.74 Å². The average Bonchev–Trinajstić information content (AvgIpc) is 3.14. The fourth-order valence-corrected chi connectivity index (χ4v) is 4.54. The van der Waals surface area contributed by atoms with Crippen LogP contribution in [-0.4, -0.2) is 16.8 Å². The van der Waals surface area contributed by atoms with Gasteiger partial charge in [0, 0.05) is 17.3 Å². The van der Waals surface area contributed by atoms with Gasteiger partial charge in [-0.15, -0.1) is 0 Å². The molecule has 5 aromatic rings. The SMILES string of the molecule is O=C(Nc1ccc(C(=O)N2Cc3ccccc3Oc3ccccc32)cn1)c1ccccc1-c1ccccc1. The molecule has 0 saturated carbocycles. The molecule has 0 radical (unpaired) electrons. The minimum Gasteiger partial charge on any atom is -0.455 e. The van der Waals surface area contributed by atoms with Crippen molar-refractivity contribution in [2.45, 2.75) is 6.54 Å². The first-order valence-corrected chi connectivity index (χ1v) is 12.3. The lowest BCUT2D eigenvalue weighted by Crippen LogP contribution is -2.30. The van der Waals surface area contributed by atoms with Crippen molar-refractivity contribution in [3.63, 3.8) is 0 Å². The Bertz CT molecular complexity index is 1630. The van der Waals surface area contributed by atoms with Crippen LogP contribution in [0.3, 0.4) is 0 Å². The molecule has 6 nitrogen and oxygen atoms in total. The van der Waals surface area contributed by atoms with Crippen molar-refractivity contribution in [3.8, 4) is 22.6 Å². The smallest absolute Gasteiger partial charge is 0.260 e.